The van der Waals surface area contributed by atoms with Crippen molar-refractivity contribution >= 4 is 5.97 Å². The van der Waals surface area contributed by atoms with E-state index in [2.05, 4.69) is 46.4 Å². The third-order valence-electron chi connectivity index (χ3n) is 8.07. The lowest BCUT2D eigenvalue weighted by molar-refractivity contribution is -0.143. The number of carboxylic acids is 1. The number of pyridine rings is 1. The number of hydrogen-bond donors (Lipinski definition) is 2. The van der Waals surface area contributed by atoms with Gasteiger partial charge >= 0.3 is 11.7 Å². The molecule has 5 rings (SSSR count). The maximum absolute atomic E-state index is 14.1. The molecule has 1 aliphatic carbocycles. The normalized spacial score (nSPS) is 19.1. The number of tetrazole rings is 1. The van der Waals surface area contributed by atoms with Crippen LogP contribution in [0.1, 0.15) is 63.8 Å². The zero-order valence-electron chi connectivity index (χ0n) is 22.6. The number of unbranched alkanes of at least 4 members (excludes halogenated alkanes) is 1. The van der Waals surface area contributed by atoms with Crippen molar-refractivity contribution in [2.75, 3.05) is 0 Å². The number of benzene rings is 1. The van der Waals surface area contributed by atoms with Crippen LogP contribution in [0.3, 0.4) is 0 Å². The van der Waals surface area contributed by atoms with E-state index in [1.54, 1.807) is 17.0 Å². The first-order chi connectivity index (χ1) is 18.9. The topological polar surface area (TPSA) is 132 Å². The van der Waals surface area contributed by atoms with Crippen LogP contribution in [-0.4, -0.2) is 45.8 Å². The predicted octanol–water partition coefficient (Wildman–Crippen LogP) is 4.59. The average Bonchev–Trinajstić information content (AvgIpc) is 3.68. The summed E-state index contributed by atoms with van der Waals surface area (Å²) in [5.41, 5.74) is 4.31. The zero-order chi connectivity index (χ0) is 27.5. The van der Waals surface area contributed by atoms with Gasteiger partial charge in [0.25, 0.3) is 0 Å². The second-order valence-corrected chi connectivity index (χ2v) is 10.7. The maximum atomic E-state index is 14.1. The number of carbonyl (C=O) groups is 1. The van der Waals surface area contributed by atoms with E-state index in [0.29, 0.717) is 18.8 Å². The van der Waals surface area contributed by atoms with E-state index in [0.717, 1.165) is 53.6 Å². The third kappa shape index (κ3) is 5.15. The smallest absolute Gasteiger partial charge is 0.328 e. The molecule has 0 radical (unpaired) electrons. The van der Waals surface area contributed by atoms with Gasteiger partial charge in [0.15, 0.2) is 0 Å². The van der Waals surface area contributed by atoms with E-state index in [1.165, 1.54) is 0 Å². The molecule has 39 heavy (non-hydrogen) atoms. The fourth-order valence-electron chi connectivity index (χ4n) is 6.07. The molecule has 1 aliphatic rings. The van der Waals surface area contributed by atoms with Gasteiger partial charge in [0, 0.05) is 29.8 Å². The molecule has 1 fully saturated rings. The Hall–Kier alpha value is -4.08. The number of nitrogens with zero attached hydrogens (tertiary/aromatic N) is 6. The summed E-state index contributed by atoms with van der Waals surface area (Å²) < 4.78 is 3.53. The van der Waals surface area contributed by atoms with Gasteiger partial charge < -0.3 is 5.11 Å². The molecule has 0 spiro atoms. The van der Waals surface area contributed by atoms with Crippen molar-refractivity contribution in [3.05, 3.63) is 70.7 Å². The Kier molecular flexibility index (Phi) is 7.72. The van der Waals surface area contributed by atoms with Gasteiger partial charge in [0.05, 0.1) is 18.5 Å². The summed E-state index contributed by atoms with van der Waals surface area (Å²) in [6, 6.07) is 9.40. The highest BCUT2D eigenvalue weighted by Crippen LogP contribution is 2.44. The molecule has 2 N–H and O–H groups in total. The van der Waals surface area contributed by atoms with Crippen LogP contribution in [0.2, 0.25) is 0 Å². The van der Waals surface area contributed by atoms with Gasteiger partial charge in [-0.05, 0) is 65.5 Å². The highest BCUT2D eigenvalue weighted by molar-refractivity contribution is 5.81. The number of imidazole rings is 1. The molecule has 10 heteroatoms. The third-order valence-corrected chi connectivity index (χ3v) is 8.07. The van der Waals surface area contributed by atoms with Crippen LogP contribution >= 0.6 is 0 Å². The zero-order valence-corrected chi connectivity index (χ0v) is 22.6. The highest BCUT2D eigenvalue weighted by Gasteiger charge is 2.43. The van der Waals surface area contributed by atoms with Crippen LogP contribution < -0.4 is 5.69 Å². The number of nitrogens with one attached hydrogen (secondary N) is 1. The van der Waals surface area contributed by atoms with Crippen LogP contribution in [0, 0.1) is 17.8 Å². The summed E-state index contributed by atoms with van der Waals surface area (Å²) in [7, 11) is 0. The Balaban J connectivity index is 1.60. The lowest BCUT2D eigenvalue weighted by Gasteiger charge is -2.26. The van der Waals surface area contributed by atoms with Gasteiger partial charge in [-0.1, -0.05) is 51.5 Å². The van der Waals surface area contributed by atoms with Crippen molar-refractivity contribution in [3.8, 4) is 22.5 Å². The average molecular weight is 530 g/mol. The Morgan fingerprint density at radius 2 is 1.95 bits per heavy atom. The molecule has 1 saturated carbocycles. The summed E-state index contributed by atoms with van der Waals surface area (Å²) >= 11 is 0. The first-order valence-corrected chi connectivity index (χ1v) is 13.7. The minimum atomic E-state index is -0.828. The summed E-state index contributed by atoms with van der Waals surface area (Å²) in [4.78, 5) is 30.7. The molecule has 3 unspecified atom stereocenters. The van der Waals surface area contributed by atoms with Crippen molar-refractivity contribution in [2.45, 2.75) is 65.5 Å². The van der Waals surface area contributed by atoms with Gasteiger partial charge in [-0.25, -0.2) is 4.79 Å². The van der Waals surface area contributed by atoms with E-state index in [1.807, 2.05) is 41.1 Å². The molecular weight excluding hydrogens is 494 g/mol. The lowest BCUT2D eigenvalue weighted by atomic mass is 9.88. The Bertz CT molecular complexity index is 1490. The van der Waals surface area contributed by atoms with E-state index >= 15 is 0 Å². The molecule has 204 valence electrons. The van der Waals surface area contributed by atoms with Crippen LogP contribution in [-0.2, 0) is 17.8 Å². The van der Waals surface area contributed by atoms with Crippen molar-refractivity contribution in [1.29, 1.82) is 0 Å². The molecule has 0 bridgehead atoms. The number of H-pyrrole nitrogens is 1. The molecule has 0 aliphatic heterocycles. The summed E-state index contributed by atoms with van der Waals surface area (Å²) in [6.07, 6.45) is 9.51. The fourth-order valence-corrected chi connectivity index (χ4v) is 6.07. The van der Waals surface area contributed by atoms with Gasteiger partial charge in [-0.3, -0.25) is 18.9 Å². The monoisotopic (exact) mass is 529 g/mol. The van der Waals surface area contributed by atoms with Crippen molar-refractivity contribution in [3.63, 3.8) is 0 Å². The number of aromatic nitrogens is 7. The second-order valence-electron chi connectivity index (χ2n) is 10.7. The van der Waals surface area contributed by atoms with Gasteiger partial charge in [0.1, 0.15) is 0 Å². The van der Waals surface area contributed by atoms with Crippen molar-refractivity contribution in [1.82, 2.24) is 34.7 Å². The number of aliphatic carboxylic acids is 1. The quantitative estimate of drug-likeness (QED) is 0.307. The number of carboxylic acid groups (broad SMARTS) is 1. The second kappa shape index (κ2) is 11.3. The fraction of sp³-hybridized carbons (Fsp3) is 0.448. The van der Waals surface area contributed by atoms with Gasteiger partial charge in [-0.15, -0.1) is 10.2 Å². The Morgan fingerprint density at radius 3 is 2.64 bits per heavy atom. The minimum absolute atomic E-state index is 0.134. The molecule has 1 aromatic carbocycles. The van der Waals surface area contributed by atoms with Crippen LogP contribution in [0.25, 0.3) is 22.5 Å². The largest absolute Gasteiger partial charge is 0.481 e. The molecule has 4 aromatic rings. The first kappa shape index (κ1) is 26.5. The van der Waals surface area contributed by atoms with Crippen LogP contribution in [0.5, 0.6) is 0 Å². The number of aryl methyl sites for hydroxylation is 1. The lowest BCUT2D eigenvalue weighted by Crippen LogP contribution is -2.35. The van der Waals surface area contributed by atoms with E-state index in [9.17, 15) is 14.7 Å². The van der Waals surface area contributed by atoms with E-state index < -0.39 is 11.9 Å². The van der Waals surface area contributed by atoms with Crippen LogP contribution in [0.15, 0.2) is 53.7 Å². The molecule has 0 saturated heterocycles. The van der Waals surface area contributed by atoms with Crippen molar-refractivity contribution in [2.24, 2.45) is 17.8 Å². The maximum Gasteiger partial charge on any atom is 0.328 e. The Labute approximate surface area is 227 Å². The van der Waals surface area contributed by atoms with E-state index in [-0.39, 0.29) is 23.6 Å². The SMILES string of the molecule is CCCCc1cn(C2C(C(=O)O)CCC2C(C)C)c(=O)n1Cc1cnccc1-c1ccccc1-c1nn[nH]n1. The first-order valence-electron chi connectivity index (χ1n) is 13.7. The summed E-state index contributed by atoms with van der Waals surface area (Å²) in [6.45, 7) is 6.68. The molecule has 3 heterocycles. The number of rotatable bonds is 10. The van der Waals surface area contributed by atoms with E-state index in [4.69, 9.17) is 0 Å². The predicted molar refractivity (Wildman–Crippen MR) is 147 cm³/mol. The van der Waals surface area contributed by atoms with Gasteiger partial charge in [-0.2, -0.15) is 5.21 Å². The Morgan fingerprint density at radius 1 is 1.15 bits per heavy atom. The summed E-state index contributed by atoms with van der Waals surface area (Å²) in [5, 5.41) is 24.6. The summed E-state index contributed by atoms with van der Waals surface area (Å²) in [5.74, 6) is -0.498. The molecular formula is C29H35N7O3. The van der Waals surface area contributed by atoms with Crippen molar-refractivity contribution < 1.29 is 9.90 Å². The minimum Gasteiger partial charge on any atom is -0.481 e. The standard InChI is InChI=1S/C29H35N7O3/c1-4-5-8-20-17-36(26-21(18(2)3)11-12-25(26)28(37)38)29(39)35(20)16-19-15-30-14-13-22(19)23-9-6-7-10-24(23)27-31-33-34-32-27/h6-7,9-10,13-15,17-18,21,25-26H,4-5,8,11-12,16H2,1-3H3,(H,37,38)(H,31,32,33,34). The molecule has 3 aromatic heterocycles. The highest BCUT2D eigenvalue weighted by atomic mass is 16.4. The van der Waals surface area contributed by atoms with Gasteiger partial charge in [0.2, 0.25) is 5.82 Å². The number of aromatic amines is 1. The molecule has 3 atom stereocenters. The van der Waals surface area contributed by atoms with Crippen LogP contribution in [0.4, 0.5) is 0 Å². The number of hydrogen-bond acceptors (Lipinski definition) is 6. The molecule has 10 nitrogen and oxygen atoms in total. The molecule has 0 amide bonds.